The SMILES string of the molecule is COc1cccc(P(c2ccccc2)c2ccccc2)c1N(C)C(C)(C)C. The van der Waals surface area contributed by atoms with Gasteiger partial charge in [0.2, 0.25) is 0 Å². The van der Waals surface area contributed by atoms with Crippen molar-refractivity contribution in [2.45, 2.75) is 26.3 Å². The summed E-state index contributed by atoms with van der Waals surface area (Å²) >= 11 is 0. The summed E-state index contributed by atoms with van der Waals surface area (Å²) in [5.74, 6) is 0.921. The molecule has 0 aliphatic rings. The summed E-state index contributed by atoms with van der Waals surface area (Å²) in [5.41, 5.74) is 1.16. The van der Waals surface area contributed by atoms with E-state index in [4.69, 9.17) is 4.74 Å². The summed E-state index contributed by atoms with van der Waals surface area (Å²) in [4.78, 5) is 2.34. The molecule has 0 amide bonds. The van der Waals surface area contributed by atoms with Crippen LogP contribution in [0.15, 0.2) is 78.9 Å². The van der Waals surface area contributed by atoms with E-state index in [0.29, 0.717) is 0 Å². The normalized spacial score (nSPS) is 11.5. The van der Waals surface area contributed by atoms with Crippen LogP contribution in [0, 0.1) is 0 Å². The van der Waals surface area contributed by atoms with E-state index in [1.807, 2.05) is 0 Å². The smallest absolute Gasteiger partial charge is 0.142 e. The van der Waals surface area contributed by atoms with Crippen molar-refractivity contribution in [1.82, 2.24) is 0 Å². The molecule has 27 heavy (non-hydrogen) atoms. The lowest BCUT2D eigenvalue weighted by Crippen LogP contribution is -2.41. The van der Waals surface area contributed by atoms with Gasteiger partial charge in [0, 0.05) is 17.9 Å². The van der Waals surface area contributed by atoms with Crippen LogP contribution in [0.25, 0.3) is 0 Å². The van der Waals surface area contributed by atoms with Crippen molar-refractivity contribution in [1.29, 1.82) is 0 Å². The predicted molar refractivity (Wildman–Crippen MR) is 120 cm³/mol. The van der Waals surface area contributed by atoms with Gasteiger partial charge in [0.1, 0.15) is 5.75 Å². The van der Waals surface area contributed by atoms with E-state index >= 15 is 0 Å². The molecule has 0 heterocycles. The minimum Gasteiger partial charge on any atom is -0.495 e. The molecule has 0 saturated carbocycles. The van der Waals surface area contributed by atoms with Crippen LogP contribution in [0.5, 0.6) is 5.75 Å². The van der Waals surface area contributed by atoms with Gasteiger partial charge >= 0.3 is 0 Å². The van der Waals surface area contributed by atoms with E-state index in [1.54, 1.807) is 7.11 Å². The van der Waals surface area contributed by atoms with Gasteiger partial charge in [-0.3, -0.25) is 0 Å². The minimum atomic E-state index is -0.690. The molecule has 0 unspecified atom stereocenters. The fourth-order valence-corrected chi connectivity index (χ4v) is 5.61. The van der Waals surface area contributed by atoms with Crippen LogP contribution in [0.1, 0.15) is 20.8 Å². The lowest BCUT2D eigenvalue weighted by Gasteiger charge is -2.37. The summed E-state index contributed by atoms with van der Waals surface area (Å²) in [5, 5.41) is 4.00. The maximum atomic E-state index is 5.79. The first kappa shape index (κ1) is 19.5. The van der Waals surface area contributed by atoms with E-state index in [0.717, 1.165) is 5.75 Å². The number of anilines is 1. The molecule has 0 atom stereocenters. The Morgan fingerprint density at radius 2 is 1.26 bits per heavy atom. The number of rotatable bonds is 5. The van der Waals surface area contributed by atoms with E-state index < -0.39 is 7.92 Å². The first-order valence-corrected chi connectivity index (χ1v) is 10.6. The molecule has 2 nitrogen and oxygen atoms in total. The van der Waals surface area contributed by atoms with Crippen molar-refractivity contribution < 1.29 is 4.74 Å². The average Bonchev–Trinajstić information content (AvgIpc) is 2.68. The molecule has 0 aliphatic heterocycles. The van der Waals surface area contributed by atoms with Crippen LogP contribution in [-0.2, 0) is 0 Å². The predicted octanol–water partition coefficient (Wildman–Crippen LogP) is 4.69. The van der Waals surface area contributed by atoms with Gasteiger partial charge in [-0.2, -0.15) is 0 Å². The molecule has 140 valence electrons. The van der Waals surface area contributed by atoms with Crippen molar-refractivity contribution in [3.05, 3.63) is 78.9 Å². The Labute approximate surface area is 164 Å². The van der Waals surface area contributed by atoms with Crippen LogP contribution < -0.4 is 25.6 Å². The van der Waals surface area contributed by atoms with Gasteiger partial charge in [0.05, 0.1) is 12.8 Å². The highest BCUT2D eigenvalue weighted by atomic mass is 31.1. The first-order valence-electron chi connectivity index (χ1n) is 9.24. The molecule has 0 N–H and O–H groups in total. The average molecular weight is 377 g/mol. The zero-order valence-electron chi connectivity index (χ0n) is 16.8. The second-order valence-corrected chi connectivity index (χ2v) is 9.75. The maximum Gasteiger partial charge on any atom is 0.142 e. The van der Waals surface area contributed by atoms with Gasteiger partial charge in [0.15, 0.2) is 0 Å². The second-order valence-electron chi connectivity index (χ2n) is 7.56. The number of ether oxygens (including phenoxy) is 1. The van der Waals surface area contributed by atoms with Gasteiger partial charge in [0.25, 0.3) is 0 Å². The number of nitrogens with zero attached hydrogens (tertiary/aromatic N) is 1. The number of methoxy groups -OCH3 is 1. The Bertz CT molecular complexity index is 832. The van der Waals surface area contributed by atoms with Crippen LogP contribution in [0.2, 0.25) is 0 Å². The number of hydrogen-bond donors (Lipinski definition) is 0. The molecule has 0 spiro atoms. The molecular weight excluding hydrogens is 349 g/mol. The van der Waals surface area contributed by atoms with Crippen LogP contribution in [0.4, 0.5) is 5.69 Å². The monoisotopic (exact) mass is 377 g/mol. The van der Waals surface area contributed by atoms with E-state index in [2.05, 4.69) is 112 Å². The third kappa shape index (κ3) is 4.17. The van der Waals surface area contributed by atoms with E-state index in [9.17, 15) is 0 Å². The van der Waals surface area contributed by atoms with Crippen LogP contribution >= 0.6 is 7.92 Å². The van der Waals surface area contributed by atoms with Gasteiger partial charge < -0.3 is 9.64 Å². The van der Waals surface area contributed by atoms with Crippen molar-refractivity contribution >= 4 is 29.5 Å². The molecule has 0 fully saturated rings. The quantitative estimate of drug-likeness (QED) is 0.598. The number of para-hydroxylation sites is 1. The fraction of sp³-hybridized carbons (Fsp3) is 0.250. The third-order valence-electron chi connectivity index (χ3n) is 4.81. The highest BCUT2D eigenvalue weighted by molar-refractivity contribution is 7.80. The van der Waals surface area contributed by atoms with Crippen molar-refractivity contribution in [2.75, 3.05) is 19.1 Å². The largest absolute Gasteiger partial charge is 0.495 e. The van der Waals surface area contributed by atoms with Gasteiger partial charge in [-0.15, -0.1) is 0 Å². The lowest BCUT2D eigenvalue weighted by molar-refractivity contribution is 0.411. The van der Waals surface area contributed by atoms with Crippen molar-refractivity contribution in [3.63, 3.8) is 0 Å². The topological polar surface area (TPSA) is 12.5 Å². The van der Waals surface area contributed by atoms with E-state index in [-0.39, 0.29) is 5.54 Å². The Morgan fingerprint density at radius 3 is 1.70 bits per heavy atom. The number of hydrogen-bond acceptors (Lipinski definition) is 2. The maximum absolute atomic E-state index is 5.79. The molecule has 3 aromatic rings. The zero-order valence-corrected chi connectivity index (χ0v) is 17.7. The summed E-state index contributed by atoms with van der Waals surface area (Å²) in [6.07, 6.45) is 0. The Morgan fingerprint density at radius 1 is 0.741 bits per heavy atom. The summed E-state index contributed by atoms with van der Waals surface area (Å²) in [6, 6.07) is 28.0. The Kier molecular flexibility index (Phi) is 5.87. The Hall–Kier alpha value is -2.31. The molecule has 0 radical (unpaired) electrons. The molecule has 3 aromatic carbocycles. The number of benzene rings is 3. The summed E-state index contributed by atoms with van der Waals surface area (Å²) < 4.78 is 5.79. The fourth-order valence-electron chi connectivity index (χ4n) is 3.11. The van der Waals surface area contributed by atoms with Crippen molar-refractivity contribution in [3.8, 4) is 5.75 Å². The standard InChI is InChI=1S/C24H28NOP/c1-24(2,3)25(4)23-21(26-5)17-12-18-22(23)27(19-13-8-6-9-14-19)20-15-10-7-11-16-20/h6-18H,1-5H3. The second kappa shape index (κ2) is 8.15. The summed E-state index contributed by atoms with van der Waals surface area (Å²) in [7, 11) is 3.22. The van der Waals surface area contributed by atoms with Gasteiger partial charge in [-0.05, 0) is 45.4 Å². The molecule has 0 aromatic heterocycles. The highest BCUT2D eigenvalue weighted by Crippen LogP contribution is 2.41. The molecular formula is C24H28NOP. The first-order chi connectivity index (χ1) is 12.9. The molecule has 3 heteroatoms. The molecule has 3 rings (SSSR count). The van der Waals surface area contributed by atoms with Gasteiger partial charge in [-0.25, -0.2) is 0 Å². The van der Waals surface area contributed by atoms with E-state index in [1.165, 1.54) is 21.6 Å². The van der Waals surface area contributed by atoms with Crippen LogP contribution in [-0.4, -0.2) is 19.7 Å². The zero-order chi connectivity index (χ0) is 19.4. The highest BCUT2D eigenvalue weighted by Gasteiger charge is 2.28. The minimum absolute atomic E-state index is 0.0161. The van der Waals surface area contributed by atoms with Gasteiger partial charge in [-0.1, -0.05) is 72.8 Å². The lowest BCUT2D eigenvalue weighted by atomic mass is 10.1. The molecule has 0 bridgehead atoms. The Balaban J connectivity index is 2.27. The molecule has 0 saturated heterocycles. The summed E-state index contributed by atoms with van der Waals surface area (Å²) in [6.45, 7) is 6.70. The third-order valence-corrected chi connectivity index (χ3v) is 7.28. The van der Waals surface area contributed by atoms with Crippen molar-refractivity contribution in [2.24, 2.45) is 0 Å². The molecule has 0 aliphatic carbocycles. The van der Waals surface area contributed by atoms with Crippen LogP contribution in [0.3, 0.4) is 0 Å².